The highest BCUT2D eigenvalue weighted by Crippen LogP contribution is 2.53. The van der Waals surface area contributed by atoms with Crippen LogP contribution in [0.5, 0.6) is 0 Å². The Morgan fingerprint density at radius 3 is 1.61 bits per heavy atom. The van der Waals surface area contributed by atoms with Gasteiger partial charge in [0.1, 0.15) is 22.3 Å². The van der Waals surface area contributed by atoms with E-state index in [2.05, 4.69) is 251 Å². The van der Waals surface area contributed by atoms with Gasteiger partial charge in [0.25, 0.3) is 0 Å². The van der Waals surface area contributed by atoms with Crippen LogP contribution in [0.1, 0.15) is 74.9 Å². The van der Waals surface area contributed by atoms with Gasteiger partial charge >= 0.3 is 6.85 Å². The summed E-state index contributed by atoms with van der Waals surface area (Å²) in [4.78, 5) is 2.64. The first-order valence-electron chi connectivity index (χ1n) is 27.4. The molecule has 0 aliphatic carbocycles. The van der Waals surface area contributed by atoms with Crippen molar-refractivity contribution >= 4 is 122 Å². The van der Waals surface area contributed by atoms with E-state index in [0.717, 1.165) is 73.5 Å². The van der Waals surface area contributed by atoms with E-state index < -0.39 is 0 Å². The van der Waals surface area contributed by atoms with Crippen LogP contribution in [0.25, 0.3) is 98.4 Å². The van der Waals surface area contributed by atoms with Crippen molar-refractivity contribution in [3.63, 3.8) is 0 Å². The summed E-state index contributed by atoms with van der Waals surface area (Å²) in [6.45, 7) is 13.9. The van der Waals surface area contributed by atoms with Crippen LogP contribution in [0.2, 0.25) is 0 Å². The Morgan fingerprint density at radius 1 is 0.429 bits per heavy atom. The highest BCUT2D eigenvalue weighted by molar-refractivity contribution is 6.90. The van der Waals surface area contributed by atoms with Crippen LogP contribution in [0, 0.1) is 0 Å². The number of para-hydroxylation sites is 3. The minimum atomic E-state index is -0.230. The maximum atomic E-state index is 7.16. The molecule has 0 radical (unpaired) electrons. The van der Waals surface area contributed by atoms with E-state index in [4.69, 9.17) is 8.83 Å². The predicted molar refractivity (Wildman–Crippen MR) is 325 cm³/mol. The van der Waals surface area contributed by atoms with E-state index in [-0.39, 0.29) is 17.7 Å². The van der Waals surface area contributed by atoms with Gasteiger partial charge in [0.15, 0.2) is 0 Å². The lowest BCUT2D eigenvalue weighted by Crippen LogP contribution is -2.56. The number of nitrogens with zero attached hydrogens (tertiary/aromatic N) is 2. The lowest BCUT2D eigenvalue weighted by molar-refractivity contribution is 0.569. The SMILES string of the molecule is CC(C)(C)c1cc(N2c3cc4c(Cc5ccccc5)c5ccccc5c(Cc5ccccc5)c4cc3B3c4c2cc2oc5ccccc5c2c4-c2cc4c5ccccc5oc4c4c5ccccc5n3c24)cc(C(C)(C)C)c1. The van der Waals surface area contributed by atoms with E-state index in [1.807, 2.05) is 0 Å². The summed E-state index contributed by atoms with van der Waals surface area (Å²) in [6, 6.07) is 75.0. The van der Waals surface area contributed by atoms with Crippen LogP contribution in [-0.4, -0.2) is 11.3 Å². The highest BCUT2D eigenvalue weighted by atomic mass is 16.3. The van der Waals surface area contributed by atoms with E-state index in [1.165, 1.54) is 99.1 Å². The summed E-state index contributed by atoms with van der Waals surface area (Å²) in [7, 11) is 0. The largest absolute Gasteiger partial charge is 0.456 e. The Labute approximate surface area is 447 Å². The third-order valence-electron chi connectivity index (χ3n) is 17.3. The third kappa shape index (κ3) is 6.41. The van der Waals surface area contributed by atoms with Crippen molar-refractivity contribution in [2.24, 2.45) is 0 Å². The van der Waals surface area contributed by atoms with Crippen molar-refractivity contribution < 1.29 is 8.83 Å². The molecule has 0 saturated heterocycles. The van der Waals surface area contributed by atoms with Crippen LogP contribution in [0.15, 0.2) is 209 Å². The minimum absolute atomic E-state index is 0.121. The van der Waals surface area contributed by atoms with E-state index >= 15 is 0 Å². The Hall–Kier alpha value is -8.80. The first-order chi connectivity index (χ1) is 37.5. The molecule has 16 rings (SSSR count). The average molecular weight is 991 g/mol. The van der Waals surface area contributed by atoms with E-state index in [1.54, 1.807) is 0 Å². The summed E-state index contributed by atoms with van der Waals surface area (Å²) in [5.41, 5.74) is 22.1. The molecule has 0 unspecified atom stereocenters. The lowest BCUT2D eigenvalue weighted by Gasteiger charge is -2.41. The fourth-order valence-corrected chi connectivity index (χ4v) is 13.7. The standard InChI is InChI=1S/C72H55BN2O2/c1-71(2,3)44-35-45(72(4,5)6)37-46(36-44)74-60-40-55-53(34-43-23-11-8-12-24-43)48-26-14-13-25-47(48)52(33-42-21-9-7-10-22-42)54(55)39-58(60)73-68-61(74)41-64-65(51-29-17-20-32-63(51)76-64)66(68)57-38-56-49-27-16-19-31-62(49)77-70(56)67-50-28-15-18-30-59(50)75(73)69(57)67/h7-32,35-41H,33-34H2,1-6H3. The van der Waals surface area contributed by atoms with Crippen LogP contribution in [-0.2, 0) is 23.7 Å². The second-order valence-corrected chi connectivity index (χ2v) is 24.0. The molecule has 5 heterocycles. The van der Waals surface area contributed by atoms with E-state index in [0.29, 0.717) is 0 Å². The molecule has 14 aromatic rings. The Morgan fingerprint density at radius 2 is 0.974 bits per heavy atom. The minimum Gasteiger partial charge on any atom is -0.456 e. The normalized spacial score (nSPS) is 13.4. The van der Waals surface area contributed by atoms with E-state index in [9.17, 15) is 0 Å². The van der Waals surface area contributed by atoms with Gasteiger partial charge in [-0.3, -0.25) is 0 Å². The first kappa shape index (κ1) is 44.5. The highest BCUT2D eigenvalue weighted by Gasteiger charge is 2.46. The second kappa shape index (κ2) is 15.9. The summed E-state index contributed by atoms with van der Waals surface area (Å²) < 4.78 is 16.9. The van der Waals surface area contributed by atoms with Crippen molar-refractivity contribution in [1.82, 2.24) is 4.48 Å². The molecule has 2 aliphatic rings. The molecule has 5 heteroatoms. The Kier molecular flexibility index (Phi) is 9.18. The molecule has 0 saturated carbocycles. The van der Waals surface area contributed by atoms with Crippen molar-refractivity contribution in [2.45, 2.75) is 65.2 Å². The molecule has 0 fully saturated rings. The van der Waals surface area contributed by atoms with Crippen LogP contribution < -0.4 is 15.8 Å². The second-order valence-electron chi connectivity index (χ2n) is 24.0. The number of furan rings is 2. The van der Waals surface area contributed by atoms with Gasteiger partial charge in [-0.2, -0.15) is 0 Å². The van der Waals surface area contributed by atoms with Gasteiger partial charge in [0, 0.05) is 66.7 Å². The summed E-state index contributed by atoms with van der Waals surface area (Å²) >= 11 is 0. The Bertz CT molecular complexity index is 4800. The maximum Gasteiger partial charge on any atom is 0.333 e. The predicted octanol–water partition coefficient (Wildman–Crippen LogP) is 18.1. The third-order valence-corrected chi connectivity index (χ3v) is 17.3. The van der Waals surface area contributed by atoms with Crippen molar-refractivity contribution in [1.29, 1.82) is 0 Å². The number of benzene rings is 11. The molecule has 3 aromatic heterocycles. The summed E-state index contributed by atoms with van der Waals surface area (Å²) in [5, 5.41) is 12.0. The van der Waals surface area contributed by atoms with Gasteiger partial charge in [0.05, 0.1) is 5.39 Å². The maximum absolute atomic E-state index is 7.16. The molecule has 0 amide bonds. The van der Waals surface area contributed by atoms with Crippen LogP contribution in [0.3, 0.4) is 0 Å². The van der Waals surface area contributed by atoms with Crippen molar-refractivity contribution in [2.75, 3.05) is 4.90 Å². The number of hydrogen-bond acceptors (Lipinski definition) is 3. The number of anilines is 3. The van der Waals surface area contributed by atoms with Gasteiger partial charge in [-0.25, -0.2) is 0 Å². The van der Waals surface area contributed by atoms with Gasteiger partial charge in [-0.05, 0) is 138 Å². The quantitative estimate of drug-likeness (QED) is 0.127. The number of rotatable bonds is 5. The average Bonchev–Trinajstić information content (AvgIpc) is 4.33. The van der Waals surface area contributed by atoms with Crippen LogP contribution >= 0.6 is 0 Å². The van der Waals surface area contributed by atoms with Gasteiger partial charge < -0.3 is 18.2 Å². The monoisotopic (exact) mass is 990 g/mol. The molecular formula is C72H55BN2O2. The number of hydrogen-bond donors (Lipinski definition) is 0. The van der Waals surface area contributed by atoms with Crippen LogP contribution in [0.4, 0.5) is 17.1 Å². The molecule has 11 aromatic carbocycles. The molecule has 0 spiro atoms. The molecule has 0 N–H and O–H groups in total. The zero-order valence-corrected chi connectivity index (χ0v) is 44.3. The molecule has 0 atom stereocenters. The molecule has 0 bridgehead atoms. The zero-order valence-electron chi connectivity index (χ0n) is 44.3. The molecule has 368 valence electrons. The number of fused-ring (bicyclic) bond motifs is 17. The van der Waals surface area contributed by atoms with Gasteiger partial charge in [-0.1, -0.05) is 193 Å². The Balaban J connectivity index is 1.14. The summed E-state index contributed by atoms with van der Waals surface area (Å²) in [5.74, 6) is 0. The molecule has 4 nitrogen and oxygen atoms in total. The van der Waals surface area contributed by atoms with Gasteiger partial charge in [0.2, 0.25) is 0 Å². The fraction of sp³-hybridized carbons (Fsp3) is 0.139. The molecule has 2 aliphatic heterocycles. The topological polar surface area (TPSA) is 34.5 Å². The number of aromatic nitrogens is 1. The van der Waals surface area contributed by atoms with Crippen molar-refractivity contribution in [3.05, 3.63) is 234 Å². The fourth-order valence-electron chi connectivity index (χ4n) is 13.7. The van der Waals surface area contributed by atoms with Crippen molar-refractivity contribution in [3.8, 4) is 11.1 Å². The molecular weight excluding hydrogens is 936 g/mol. The molecule has 77 heavy (non-hydrogen) atoms. The smallest absolute Gasteiger partial charge is 0.333 e. The summed E-state index contributed by atoms with van der Waals surface area (Å²) in [6.07, 6.45) is 1.59. The van der Waals surface area contributed by atoms with Gasteiger partial charge in [-0.15, -0.1) is 0 Å². The first-order valence-corrected chi connectivity index (χ1v) is 27.4. The zero-order chi connectivity index (χ0) is 51.6. The lowest BCUT2D eigenvalue weighted by atomic mass is 9.44.